The molecule has 0 bridgehead atoms. The van der Waals surface area contributed by atoms with Crippen LogP contribution in [0.3, 0.4) is 0 Å². The largest absolute Gasteiger partial charge is 0.320 e. The molecule has 0 spiro atoms. The number of anilines is 2. The highest BCUT2D eigenvalue weighted by atomic mass is 32.1. The fraction of sp³-hybridized carbons (Fsp3) is 0.400. The van der Waals surface area contributed by atoms with E-state index >= 15 is 0 Å². The summed E-state index contributed by atoms with van der Waals surface area (Å²) in [6.07, 6.45) is 7.62. The summed E-state index contributed by atoms with van der Waals surface area (Å²) in [6, 6.07) is 5.74. The Morgan fingerprint density at radius 2 is 1.96 bits per heavy atom. The van der Waals surface area contributed by atoms with Gasteiger partial charge in [-0.15, -0.1) is 11.3 Å². The van der Waals surface area contributed by atoms with Gasteiger partial charge in [0, 0.05) is 12.3 Å². The number of fused-ring (bicyclic) bond motifs is 1. The van der Waals surface area contributed by atoms with Crippen LogP contribution in [0.1, 0.15) is 60.4 Å². The Hall–Kier alpha value is -2.74. The van der Waals surface area contributed by atoms with Crippen molar-refractivity contribution in [1.82, 2.24) is 14.8 Å². The second-order valence-corrected chi connectivity index (χ2v) is 8.25. The number of carbonyl (C=O) groups excluding carboxylic acids is 2. The molecule has 7 nitrogen and oxygen atoms in total. The Kier molecular flexibility index (Phi) is 5.13. The van der Waals surface area contributed by atoms with Gasteiger partial charge in [-0.05, 0) is 38.0 Å². The van der Waals surface area contributed by atoms with Gasteiger partial charge in [0.2, 0.25) is 5.91 Å². The number of pyridine rings is 1. The first kappa shape index (κ1) is 18.6. The van der Waals surface area contributed by atoms with Crippen molar-refractivity contribution in [2.75, 3.05) is 10.6 Å². The van der Waals surface area contributed by atoms with Crippen molar-refractivity contribution in [2.45, 2.75) is 52.0 Å². The number of aryl methyl sites for hydroxylation is 1. The van der Waals surface area contributed by atoms with Crippen molar-refractivity contribution in [1.29, 1.82) is 0 Å². The maximum atomic E-state index is 12.7. The van der Waals surface area contributed by atoms with Crippen molar-refractivity contribution < 1.29 is 9.59 Å². The lowest BCUT2D eigenvalue weighted by molar-refractivity contribution is -0.114. The summed E-state index contributed by atoms with van der Waals surface area (Å²) < 4.78 is 2.13. The number of amides is 2. The molecule has 1 saturated carbocycles. The van der Waals surface area contributed by atoms with Crippen molar-refractivity contribution in [3.05, 3.63) is 35.0 Å². The normalized spacial score (nSPS) is 14.9. The minimum absolute atomic E-state index is 0.162. The van der Waals surface area contributed by atoms with E-state index in [-0.39, 0.29) is 11.8 Å². The number of hydrogen-bond donors (Lipinski definition) is 2. The molecular formula is C20H23N5O2S. The smallest absolute Gasteiger partial charge is 0.265 e. The van der Waals surface area contributed by atoms with Crippen LogP contribution in [0.2, 0.25) is 0 Å². The third kappa shape index (κ3) is 3.77. The Bertz CT molecular complexity index is 1020. The van der Waals surface area contributed by atoms with Crippen molar-refractivity contribution >= 4 is 44.9 Å². The lowest BCUT2D eigenvalue weighted by Crippen LogP contribution is -2.14. The maximum Gasteiger partial charge on any atom is 0.265 e. The molecule has 1 fully saturated rings. The zero-order valence-corrected chi connectivity index (χ0v) is 16.8. The summed E-state index contributed by atoms with van der Waals surface area (Å²) in [5.74, 6) is 0.109. The third-order valence-electron chi connectivity index (χ3n) is 5.04. The van der Waals surface area contributed by atoms with Crippen molar-refractivity contribution in [2.24, 2.45) is 0 Å². The van der Waals surface area contributed by atoms with E-state index in [4.69, 9.17) is 5.10 Å². The Morgan fingerprint density at radius 3 is 2.64 bits per heavy atom. The zero-order valence-electron chi connectivity index (χ0n) is 16.0. The fourth-order valence-electron chi connectivity index (χ4n) is 3.67. The van der Waals surface area contributed by atoms with Gasteiger partial charge < -0.3 is 10.6 Å². The van der Waals surface area contributed by atoms with E-state index in [2.05, 4.69) is 20.3 Å². The lowest BCUT2D eigenvalue weighted by Gasteiger charge is -2.22. The molecule has 0 saturated heterocycles. The molecule has 1 aliphatic carbocycles. The molecule has 0 unspecified atom stereocenters. The molecule has 3 heterocycles. The molecule has 28 heavy (non-hydrogen) atoms. The highest BCUT2D eigenvalue weighted by Crippen LogP contribution is 2.35. The molecule has 2 N–H and O–H groups in total. The molecule has 3 aromatic rings. The van der Waals surface area contributed by atoms with E-state index in [9.17, 15) is 9.59 Å². The van der Waals surface area contributed by atoms with E-state index in [1.807, 2.05) is 13.0 Å². The quantitative estimate of drug-likeness (QED) is 0.677. The van der Waals surface area contributed by atoms with Crippen LogP contribution >= 0.6 is 11.3 Å². The highest BCUT2D eigenvalue weighted by Gasteiger charge is 2.22. The van der Waals surface area contributed by atoms with E-state index in [0.29, 0.717) is 22.4 Å². The van der Waals surface area contributed by atoms with Crippen LogP contribution in [-0.2, 0) is 4.79 Å². The van der Waals surface area contributed by atoms with E-state index in [0.717, 1.165) is 28.8 Å². The SMILES string of the molecule is CC(=O)Nc1ccc(NC(=O)c2cc3c(C)nn(C4CCCCC4)c3s2)cn1. The van der Waals surface area contributed by atoms with Gasteiger partial charge in [-0.25, -0.2) is 4.98 Å². The highest BCUT2D eigenvalue weighted by molar-refractivity contribution is 7.20. The molecule has 0 aromatic carbocycles. The second-order valence-electron chi connectivity index (χ2n) is 7.22. The molecule has 1 aliphatic rings. The number of thiophene rings is 1. The van der Waals surface area contributed by atoms with Gasteiger partial charge in [0.1, 0.15) is 10.6 Å². The summed E-state index contributed by atoms with van der Waals surface area (Å²) in [5.41, 5.74) is 1.55. The topological polar surface area (TPSA) is 88.9 Å². The Labute approximate surface area is 167 Å². The van der Waals surface area contributed by atoms with Crippen LogP contribution < -0.4 is 10.6 Å². The van der Waals surface area contributed by atoms with E-state index < -0.39 is 0 Å². The first-order chi connectivity index (χ1) is 13.5. The van der Waals surface area contributed by atoms with Crippen molar-refractivity contribution in [3.8, 4) is 0 Å². The number of carbonyl (C=O) groups is 2. The maximum absolute atomic E-state index is 12.7. The number of aromatic nitrogens is 3. The first-order valence-electron chi connectivity index (χ1n) is 9.55. The van der Waals surface area contributed by atoms with Gasteiger partial charge in [0.15, 0.2) is 0 Å². The van der Waals surface area contributed by atoms with Gasteiger partial charge in [-0.2, -0.15) is 5.10 Å². The molecule has 2 amide bonds. The second kappa shape index (κ2) is 7.71. The minimum atomic E-state index is -0.183. The average Bonchev–Trinajstić information content (AvgIpc) is 3.24. The summed E-state index contributed by atoms with van der Waals surface area (Å²) in [6.45, 7) is 3.43. The number of hydrogen-bond acceptors (Lipinski definition) is 5. The number of nitrogens with one attached hydrogen (secondary N) is 2. The predicted octanol–water partition coefficient (Wildman–Crippen LogP) is 4.52. The summed E-state index contributed by atoms with van der Waals surface area (Å²) in [4.78, 5) is 29.6. The predicted molar refractivity (Wildman–Crippen MR) is 111 cm³/mol. The van der Waals surface area contributed by atoms with Crippen LogP contribution in [0, 0.1) is 6.92 Å². The molecule has 0 radical (unpaired) electrons. The molecular weight excluding hydrogens is 374 g/mol. The van der Waals surface area contributed by atoms with Gasteiger partial charge in [0.05, 0.1) is 28.5 Å². The van der Waals surface area contributed by atoms with Crippen LogP contribution in [0.5, 0.6) is 0 Å². The number of nitrogens with zero attached hydrogens (tertiary/aromatic N) is 3. The standard InChI is InChI=1S/C20H23N5O2S/c1-12-16-10-17(28-20(16)25(24-12)15-6-4-3-5-7-15)19(27)23-14-8-9-18(21-11-14)22-13(2)26/h8-11,15H,3-7H2,1-2H3,(H,23,27)(H,21,22,26). The number of rotatable bonds is 4. The molecule has 4 rings (SSSR count). The van der Waals surface area contributed by atoms with Crippen molar-refractivity contribution in [3.63, 3.8) is 0 Å². The van der Waals surface area contributed by atoms with E-state index in [1.165, 1.54) is 43.7 Å². The monoisotopic (exact) mass is 397 g/mol. The average molecular weight is 398 g/mol. The van der Waals surface area contributed by atoms with Crippen LogP contribution in [0.15, 0.2) is 24.4 Å². The minimum Gasteiger partial charge on any atom is -0.320 e. The summed E-state index contributed by atoms with van der Waals surface area (Å²) in [7, 11) is 0. The van der Waals surface area contributed by atoms with E-state index in [1.54, 1.807) is 12.1 Å². The Morgan fingerprint density at radius 1 is 1.18 bits per heavy atom. The summed E-state index contributed by atoms with van der Waals surface area (Å²) in [5, 5.41) is 11.3. The van der Waals surface area contributed by atoms with Crippen LogP contribution in [0.25, 0.3) is 10.2 Å². The van der Waals surface area contributed by atoms with Gasteiger partial charge >= 0.3 is 0 Å². The fourth-order valence-corrected chi connectivity index (χ4v) is 4.80. The zero-order chi connectivity index (χ0) is 19.7. The molecule has 0 atom stereocenters. The third-order valence-corrected chi connectivity index (χ3v) is 6.16. The first-order valence-corrected chi connectivity index (χ1v) is 10.4. The van der Waals surface area contributed by atoms with Crippen LogP contribution in [0.4, 0.5) is 11.5 Å². The van der Waals surface area contributed by atoms with Gasteiger partial charge in [-0.1, -0.05) is 19.3 Å². The molecule has 146 valence electrons. The molecule has 3 aromatic heterocycles. The lowest BCUT2D eigenvalue weighted by atomic mass is 9.96. The molecule has 0 aliphatic heterocycles. The van der Waals surface area contributed by atoms with Gasteiger partial charge in [-0.3, -0.25) is 14.3 Å². The van der Waals surface area contributed by atoms with Crippen LogP contribution in [-0.4, -0.2) is 26.6 Å². The Balaban J connectivity index is 1.53. The summed E-state index contributed by atoms with van der Waals surface area (Å²) >= 11 is 1.49. The van der Waals surface area contributed by atoms with Gasteiger partial charge in [0.25, 0.3) is 5.91 Å². The molecule has 8 heteroatoms.